The standard InChI is InChI=1S/C43H56N10O10/c44-24-33-3-1-14-53(33)38(55)25-48-43(63)34-10-13-45-36-9-8-32(23-35(34)36)30-4-6-31(7-5-30)42(62)47-12-2-11-46-37(54)26-49-15-17-50(27-39(56)57)19-21-52(29-41(60)61)22-20-51(18-16-49)28-40(58)59/h4-10,13,23,33,37,46,54H,1-3,11-12,14-22,25-29H2,(H,47,62)(H,48,63)(H,56,57)(H,58,59)(H,60,61)/t33-,37?/m0/s1. The minimum atomic E-state index is -1.03. The van der Waals surface area contributed by atoms with Gasteiger partial charge in [-0.1, -0.05) is 18.2 Å². The number of carbonyl (C=O) groups is 6. The molecular weight excluding hydrogens is 817 g/mol. The van der Waals surface area contributed by atoms with Crippen LogP contribution in [0.3, 0.4) is 0 Å². The maximum Gasteiger partial charge on any atom is 0.317 e. The first-order valence-electron chi connectivity index (χ1n) is 21.0. The highest BCUT2D eigenvalue weighted by Crippen LogP contribution is 2.26. The topological polar surface area (TPSA) is 272 Å². The number of aliphatic hydroxyl groups excluding tert-OH is 1. The quantitative estimate of drug-likeness (QED) is 0.0636. The first-order chi connectivity index (χ1) is 30.3. The number of benzene rings is 2. The molecule has 3 heterocycles. The van der Waals surface area contributed by atoms with Gasteiger partial charge < -0.3 is 36.0 Å². The number of nitriles is 1. The van der Waals surface area contributed by atoms with Crippen molar-refractivity contribution in [1.29, 1.82) is 5.26 Å². The van der Waals surface area contributed by atoms with Crippen LogP contribution < -0.4 is 16.0 Å². The Kier molecular flexibility index (Phi) is 18.2. The Hall–Kier alpha value is -6.08. The number of fused-ring (bicyclic) bond motifs is 1. The van der Waals surface area contributed by atoms with Crippen molar-refractivity contribution in [3.8, 4) is 17.2 Å². The van der Waals surface area contributed by atoms with E-state index in [1.54, 1.807) is 51.1 Å². The van der Waals surface area contributed by atoms with Crippen molar-refractivity contribution in [3.63, 3.8) is 0 Å². The van der Waals surface area contributed by atoms with E-state index in [1.807, 2.05) is 17.0 Å². The molecule has 0 spiro atoms. The van der Waals surface area contributed by atoms with Crippen LogP contribution in [0.1, 0.15) is 40.0 Å². The van der Waals surface area contributed by atoms with Gasteiger partial charge in [-0.05, 0) is 67.3 Å². The third kappa shape index (κ3) is 15.1. The molecule has 2 aromatic carbocycles. The summed E-state index contributed by atoms with van der Waals surface area (Å²) in [5.74, 6) is -4.09. The molecule has 0 radical (unpaired) electrons. The number of aliphatic carboxylic acids is 3. The van der Waals surface area contributed by atoms with Crippen molar-refractivity contribution in [2.45, 2.75) is 31.5 Å². The van der Waals surface area contributed by atoms with Crippen LogP contribution in [-0.4, -0.2) is 203 Å². The lowest BCUT2D eigenvalue weighted by molar-refractivity contribution is -0.140. The van der Waals surface area contributed by atoms with Crippen LogP contribution in [0.2, 0.25) is 0 Å². The van der Waals surface area contributed by atoms with Crippen LogP contribution in [0.15, 0.2) is 54.7 Å². The molecule has 7 N–H and O–H groups in total. The molecule has 2 aliphatic heterocycles. The van der Waals surface area contributed by atoms with Crippen molar-refractivity contribution in [1.82, 2.24) is 45.4 Å². The van der Waals surface area contributed by atoms with Gasteiger partial charge in [0.05, 0.1) is 43.3 Å². The number of hydrogen-bond acceptors (Lipinski definition) is 14. The number of hydrogen-bond donors (Lipinski definition) is 7. The van der Waals surface area contributed by atoms with E-state index in [-0.39, 0.29) is 44.5 Å². The van der Waals surface area contributed by atoms with E-state index in [9.17, 15) is 54.5 Å². The highest BCUT2D eigenvalue weighted by molar-refractivity contribution is 6.07. The van der Waals surface area contributed by atoms with Crippen molar-refractivity contribution in [2.75, 3.05) is 105 Å². The lowest BCUT2D eigenvalue weighted by atomic mass is 9.99. The summed E-state index contributed by atoms with van der Waals surface area (Å²) in [4.78, 5) is 86.4. The summed E-state index contributed by atoms with van der Waals surface area (Å²) in [6.45, 7) is 3.02. The molecule has 338 valence electrons. The number of nitrogens with one attached hydrogen (secondary N) is 3. The Balaban J connectivity index is 1.09. The fourth-order valence-electron chi connectivity index (χ4n) is 7.67. The predicted molar refractivity (Wildman–Crippen MR) is 229 cm³/mol. The van der Waals surface area contributed by atoms with Crippen molar-refractivity contribution < 1.29 is 49.2 Å². The Morgan fingerprint density at radius 3 is 1.86 bits per heavy atom. The van der Waals surface area contributed by atoms with Crippen LogP contribution in [-0.2, 0) is 19.2 Å². The van der Waals surface area contributed by atoms with Crippen molar-refractivity contribution in [3.05, 3.63) is 65.9 Å². The number of nitrogens with zero attached hydrogens (tertiary/aromatic N) is 7. The summed E-state index contributed by atoms with van der Waals surface area (Å²) in [6, 6.07) is 15.8. The van der Waals surface area contributed by atoms with Gasteiger partial charge in [-0.15, -0.1) is 0 Å². The summed E-state index contributed by atoms with van der Waals surface area (Å²) in [6.07, 6.45) is 2.43. The average Bonchev–Trinajstić information content (AvgIpc) is 3.75. The maximum absolute atomic E-state index is 13.2. The maximum atomic E-state index is 13.2. The number of pyridine rings is 1. The first-order valence-corrected chi connectivity index (χ1v) is 21.0. The minimum absolute atomic E-state index is 0.179. The second kappa shape index (κ2) is 23.9. The van der Waals surface area contributed by atoms with Gasteiger partial charge in [0.1, 0.15) is 12.3 Å². The van der Waals surface area contributed by atoms with Gasteiger partial charge in [-0.25, -0.2) is 0 Å². The van der Waals surface area contributed by atoms with Gasteiger partial charge in [0, 0.05) is 89.1 Å². The summed E-state index contributed by atoms with van der Waals surface area (Å²) in [7, 11) is 0. The molecule has 5 rings (SSSR count). The lowest BCUT2D eigenvalue weighted by Gasteiger charge is -2.33. The molecule has 1 unspecified atom stereocenters. The van der Waals surface area contributed by atoms with Crippen LogP contribution in [0.4, 0.5) is 0 Å². The summed E-state index contributed by atoms with van der Waals surface area (Å²) in [5.41, 5.74) is 2.98. The van der Waals surface area contributed by atoms with E-state index in [2.05, 4.69) is 27.0 Å². The molecule has 63 heavy (non-hydrogen) atoms. The fourth-order valence-corrected chi connectivity index (χ4v) is 7.67. The SMILES string of the molecule is N#C[C@@H]1CCCN1C(=O)CNC(=O)c1ccnc2ccc(-c3ccc(C(=O)NCCCNC(O)CN4CCN(CC(=O)O)CCN(CC(=O)O)CCN(CC(=O)O)CC4)cc3)cc12. The largest absolute Gasteiger partial charge is 0.480 e. The van der Waals surface area contributed by atoms with E-state index in [0.717, 1.165) is 17.5 Å². The van der Waals surface area contributed by atoms with Gasteiger partial charge in [-0.2, -0.15) is 5.26 Å². The van der Waals surface area contributed by atoms with E-state index >= 15 is 0 Å². The Labute approximate surface area is 365 Å². The molecule has 2 atom stereocenters. The molecule has 0 aliphatic carbocycles. The molecule has 2 saturated heterocycles. The second-order valence-electron chi connectivity index (χ2n) is 15.6. The molecule has 20 nitrogen and oxygen atoms in total. The normalized spacial score (nSPS) is 17.8. The third-order valence-electron chi connectivity index (χ3n) is 11.0. The van der Waals surface area contributed by atoms with Crippen molar-refractivity contribution in [2.24, 2.45) is 0 Å². The number of aromatic nitrogens is 1. The zero-order chi connectivity index (χ0) is 45.3. The predicted octanol–water partition coefficient (Wildman–Crippen LogP) is -0.351. The number of likely N-dealkylation sites (tertiary alicyclic amines) is 1. The van der Waals surface area contributed by atoms with Crippen LogP contribution in [0, 0.1) is 11.3 Å². The smallest absolute Gasteiger partial charge is 0.317 e. The number of β-amino-alcohol motifs (C(OH)–C–C–N with tert-alkyl or cyclic N) is 1. The molecule has 3 amide bonds. The Bertz CT molecular complexity index is 2080. The number of rotatable bonds is 18. The number of amides is 3. The third-order valence-corrected chi connectivity index (χ3v) is 11.0. The molecule has 1 aromatic heterocycles. The number of carboxylic acid groups (broad SMARTS) is 3. The fraction of sp³-hybridized carbons (Fsp3) is 0.488. The molecule has 20 heteroatoms. The van der Waals surface area contributed by atoms with Crippen LogP contribution >= 0.6 is 0 Å². The minimum Gasteiger partial charge on any atom is -0.480 e. The van der Waals surface area contributed by atoms with E-state index in [4.69, 9.17) is 0 Å². The summed E-state index contributed by atoms with van der Waals surface area (Å²) < 4.78 is 0. The van der Waals surface area contributed by atoms with E-state index in [0.29, 0.717) is 107 Å². The number of carbonyl (C=O) groups excluding carboxylic acids is 3. The van der Waals surface area contributed by atoms with Crippen LogP contribution in [0.5, 0.6) is 0 Å². The average molecular weight is 873 g/mol. The van der Waals surface area contributed by atoms with Gasteiger partial charge in [0.15, 0.2) is 0 Å². The van der Waals surface area contributed by atoms with Gasteiger partial charge >= 0.3 is 17.9 Å². The molecule has 2 aliphatic rings. The molecule has 2 fully saturated rings. The van der Waals surface area contributed by atoms with Gasteiger partial charge in [-0.3, -0.25) is 58.7 Å². The summed E-state index contributed by atoms with van der Waals surface area (Å²) >= 11 is 0. The van der Waals surface area contributed by atoms with Crippen LogP contribution in [0.25, 0.3) is 22.0 Å². The Morgan fingerprint density at radius 1 is 0.714 bits per heavy atom. The van der Waals surface area contributed by atoms with Gasteiger partial charge in [0.25, 0.3) is 11.8 Å². The summed E-state index contributed by atoms with van der Waals surface area (Å²) in [5, 5.41) is 57.7. The monoisotopic (exact) mass is 872 g/mol. The molecule has 3 aromatic rings. The Morgan fingerprint density at radius 2 is 1.29 bits per heavy atom. The zero-order valence-electron chi connectivity index (χ0n) is 35.2. The van der Waals surface area contributed by atoms with E-state index in [1.165, 1.54) is 11.1 Å². The zero-order valence-corrected chi connectivity index (χ0v) is 35.2. The van der Waals surface area contributed by atoms with Crippen molar-refractivity contribution >= 4 is 46.5 Å². The number of carboxylic acids is 3. The highest BCUT2D eigenvalue weighted by atomic mass is 16.4. The first kappa shape index (κ1) is 48.0. The highest BCUT2D eigenvalue weighted by Gasteiger charge is 2.29. The van der Waals surface area contributed by atoms with E-state index < -0.39 is 36.1 Å². The second-order valence-corrected chi connectivity index (χ2v) is 15.6. The molecule has 0 saturated carbocycles. The molecular formula is C43H56N10O10. The molecule has 0 bridgehead atoms. The van der Waals surface area contributed by atoms with Gasteiger partial charge in [0.2, 0.25) is 5.91 Å². The lowest BCUT2D eigenvalue weighted by Crippen LogP contribution is -2.50. The number of aliphatic hydroxyl groups is 1.